The second kappa shape index (κ2) is 5.79. The Balaban J connectivity index is 2.30. The molecule has 2 N–H and O–H groups in total. The number of halogens is 1. The van der Waals surface area contributed by atoms with Gasteiger partial charge in [0.1, 0.15) is 0 Å². The van der Waals surface area contributed by atoms with Gasteiger partial charge in [-0.3, -0.25) is 4.72 Å². The van der Waals surface area contributed by atoms with E-state index in [1.165, 1.54) is 0 Å². The molecule has 4 nitrogen and oxygen atoms in total. The van der Waals surface area contributed by atoms with Crippen LogP contribution in [-0.4, -0.2) is 15.5 Å². The van der Waals surface area contributed by atoms with E-state index in [0.717, 1.165) is 9.26 Å². The highest BCUT2D eigenvalue weighted by Gasteiger charge is 2.14. The van der Waals surface area contributed by atoms with Gasteiger partial charge in [-0.1, -0.05) is 12.1 Å². The summed E-state index contributed by atoms with van der Waals surface area (Å²) in [6.07, 6.45) is 0. The van der Waals surface area contributed by atoms with Gasteiger partial charge in [-0.2, -0.15) is 0 Å². The van der Waals surface area contributed by atoms with E-state index in [9.17, 15) is 8.42 Å². The number of hydrogen-bond acceptors (Lipinski definition) is 3. The normalized spacial score (nSPS) is 11.1. The van der Waals surface area contributed by atoms with Gasteiger partial charge in [-0.05, 0) is 59.0 Å². The SMILES string of the molecule is CNc1ccc(S(=O)(=O)Nc2ccccc2I)cc1. The Kier molecular flexibility index (Phi) is 4.31. The average Bonchev–Trinajstić information content (AvgIpc) is 2.41. The van der Waals surface area contributed by atoms with Gasteiger partial charge in [0.2, 0.25) is 0 Å². The molecule has 0 fully saturated rings. The lowest BCUT2D eigenvalue weighted by molar-refractivity contribution is 0.601. The summed E-state index contributed by atoms with van der Waals surface area (Å²) < 4.78 is 27.9. The van der Waals surface area contributed by atoms with Crippen LogP contribution in [-0.2, 0) is 10.0 Å². The van der Waals surface area contributed by atoms with Crippen molar-refractivity contribution in [3.05, 3.63) is 52.1 Å². The third kappa shape index (κ3) is 3.38. The largest absolute Gasteiger partial charge is 0.388 e. The van der Waals surface area contributed by atoms with Crippen LogP contribution in [0.2, 0.25) is 0 Å². The minimum absolute atomic E-state index is 0.242. The topological polar surface area (TPSA) is 58.2 Å². The van der Waals surface area contributed by atoms with Crippen LogP contribution in [0.5, 0.6) is 0 Å². The fourth-order valence-electron chi connectivity index (χ4n) is 1.55. The zero-order chi connectivity index (χ0) is 13.9. The molecule has 0 spiro atoms. The van der Waals surface area contributed by atoms with Crippen LogP contribution >= 0.6 is 22.6 Å². The van der Waals surface area contributed by atoms with Crippen LogP contribution in [0.4, 0.5) is 11.4 Å². The van der Waals surface area contributed by atoms with Crippen LogP contribution in [0.15, 0.2) is 53.4 Å². The van der Waals surface area contributed by atoms with Gasteiger partial charge in [-0.25, -0.2) is 8.42 Å². The maximum atomic E-state index is 12.2. The molecular formula is C13H13IN2O2S. The molecule has 0 heterocycles. The van der Waals surface area contributed by atoms with Crippen molar-refractivity contribution in [3.63, 3.8) is 0 Å². The molecule has 2 aromatic carbocycles. The van der Waals surface area contributed by atoms with Gasteiger partial charge in [-0.15, -0.1) is 0 Å². The average molecular weight is 388 g/mol. The van der Waals surface area contributed by atoms with E-state index in [2.05, 4.69) is 32.6 Å². The van der Waals surface area contributed by atoms with Crippen LogP contribution < -0.4 is 10.0 Å². The van der Waals surface area contributed by atoms with E-state index in [0.29, 0.717) is 5.69 Å². The highest BCUT2D eigenvalue weighted by molar-refractivity contribution is 14.1. The van der Waals surface area contributed by atoms with E-state index in [4.69, 9.17) is 0 Å². The molecule has 100 valence electrons. The van der Waals surface area contributed by atoms with E-state index < -0.39 is 10.0 Å². The number of hydrogen-bond donors (Lipinski definition) is 2. The highest BCUT2D eigenvalue weighted by atomic mass is 127. The molecule has 0 saturated heterocycles. The molecule has 0 amide bonds. The Hall–Kier alpha value is -1.28. The standard InChI is InChI=1S/C13H13IN2O2S/c1-15-10-6-8-11(9-7-10)19(17,18)16-13-5-3-2-4-12(13)14/h2-9,15-16H,1H3. The first-order valence-corrected chi connectivity index (χ1v) is 8.14. The molecule has 2 rings (SSSR count). The molecule has 6 heteroatoms. The number of para-hydroxylation sites is 1. The maximum absolute atomic E-state index is 12.2. The summed E-state index contributed by atoms with van der Waals surface area (Å²) in [6.45, 7) is 0. The fourth-order valence-corrected chi connectivity index (χ4v) is 3.33. The summed E-state index contributed by atoms with van der Waals surface area (Å²) in [5.74, 6) is 0. The maximum Gasteiger partial charge on any atom is 0.261 e. The van der Waals surface area contributed by atoms with Gasteiger partial charge in [0.25, 0.3) is 10.0 Å². The Labute approximate surface area is 126 Å². The van der Waals surface area contributed by atoms with Crippen molar-refractivity contribution < 1.29 is 8.42 Å². The smallest absolute Gasteiger partial charge is 0.261 e. The predicted molar refractivity (Wildman–Crippen MR) is 86.0 cm³/mol. The van der Waals surface area contributed by atoms with E-state index in [1.807, 2.05) is 12.1 Å². The van der Waals surface area contributed by atoms with Crippen molar-refractivity contribution in [2.24, 2.45) is 0 Å². The Morgan fingerprint density at radius 1 is 1.00 bits per heavy atom. The Bertz CT molecular complexity index is 669. The molecule has 2 aromatic rings. The molecule has 0 aliphatic rings. The third-order valence-electron chi connectivity index (χ3n) is 2.57. The van der Waals surface area contributed by atoms with E-state index >= 15 is 0 Å². The second-order valence-corrected chi connectivity index (χ2v) is 6.70. The van der Waals surface area contributed by atoms with Gasteiger partial charge in [0.15, 0.2) is 0 Å². The molecule has 0 aliphatic carbocycles. The van der Waals surface area contributed by atoms with Gasteiger partial charge in [0, 0.05) is 16.3 Å². The van der Waals surface area contributed by atoms with Gasteiger partial charge in [0.05, 0.1) is 10.6 Å². The van der Waals surface area contributed by atoms with Crippen molar-refractivity contribution in [2.45, 2.75) is 4.90 Å². The minimum atomic E-state index is -3.54. The monoisotopic (exact) mass is 388 g/mol. The first-order chi connectivity index (χ1) is 9.03. The summed E-state index contributed by atoms with van der Waals surface area (Å²) in [6, 6.07) is 13.8. The summed E-state index contributed by atoms with van der Waals surface area (Å²) in [7, 11) is -1.76. The Morgan fingerprint density at radius 3 is 2.21 bits per heavy atom. The van der Waals surface area contributed by atoms with E-state index in [1.54, 1.807) is 43.4 Å². The zero-order valence-corrected chi connectivity index (χ0v) is 13.2. The number of benzene rings is 2. The molecule has 0 aliphatic heterocycles. The molecule has 0 saturated carbocycles. The summed E-state index contributed by atoms with van der Waals surface area (Å²) >= 11 is 2.09. The van der Waals surface area contributed by atoms with Gasteiger partial charge < -0.3 is 5.32 Å². The second-order valence-electron chi connectivity index (χ2n) is 3.86. The zero-order valence-electron chi connectivity index (χ0n) is 10.2. The summed E-state index contributed by atoms with van der Waals surface area (Å²) in [5.41, 5.74) is 1.45. The summed E-state index contributed by atoms with van der Waals surface area (Å²) in [5, 5.41) is 2.95. The van der Waals surface area contributed by atoms with Crippen LogP contribution in [0.3, 0.4) is 0 Å². The molecule has 0 atom stereocenters. The van der Waals surface area contributed by atoms with E-state index in [-0.39, 0.29) is 4.90 Å². The lowest BCUT2D eigenvalue weighted by atomic mass is 10.3. The van der Waals surface area contributed by atoms with Crippen molar-refractivity contribution in [2.75, 3.05) is 17.1 Å². The first-order valence-electron chi connectivity index (χ1n) is 5.58. The Morgan fingerprint density at radius 2 is 1.63 bits per heavy atom. The molecule has 0 radical (unpaired) electrons. The number of anilines is 2. The lowest BCUT2D eigenvalue weighted by Gasteiger charge is -2.10. The molecule has 0 unspecified atom stereocenters. The fraction of sp³-hybridized carbons (Fsp3) is 0.0769. The van der Waals surface area contributed by atoms with Crippen molar-refractivity contribution >= 4 is 44.0 Å². The molecule has 19 heavy (non-hydrogen) atoms. The predicted octanol–water partition coefficient (Wildman–Crippen LogP) is 3.13. The molecule has 0 bridgehead atoms. The van der Waals surface area contributed by atoms with Crippen LogP contribution in [0.25, 0.3) is 0 Å². The molecule has 0 aromatic heterocycles. The summed E-state index contributed by atoms with van der Waals surface area (Å²) in [4.78, 5) is 0.242. The van der Waals surface area contributed by atoms with Crippen molar-refractivity contribution in [3.8, 4) is 0 Å². The quantitative estimate of drug-likeness (QED) is 0.792. The third-order valence-corrected chi connectivity index (χ3v) is 4.89. The van der Waals surface area contributed by atoms with Crippen molar-refractivity contribution in [1.82, 2.24) is 0 Å². The number of nitrogens with one attached hydrogen (secondary N) is 2. The highest BCUT2D eigenvalue weighted by Crippen LogP contribution is 2.22. The number of sulfonamides is 1. The number of rotatable bonds is 4. The molecular weight excluding hydrogens is 375 g/mol. The minimum Gasteiger partial charge on any atom is -0.388 e. The van der Waals surface area contributed by atoms with Gasteiger partial charge >= 0.3 is 0 Å². The first kappa shape index (κ1) is 14.1. The lowest BCUT2D eigenvalue weighted by Crippen LogP contribution is -2.13. The van der Waals surface area contributed by atoms with Crippen LogP contribution in [0, 0.1) is 3.57 Å². The van der Waals surface area contributed by atoms with Crippen molar-refractivity contribution in [1.29, 1.82) is 0 Å². The van der Waals surface area contributed by atoms with Crippen LogP contribution in [0.1, 0.15) is 0 Å².